The van der Waals surface area contributed by atoms with E-state index in [9.17, 15) is 56.3 Å². The van der Waals surface area contributed by atoms with Crippen LogP contribution in [0.2, 0.25) is 5.02 Å². The molecule has 1 aromatic rings. The van der Waals surface area contributed by atoms with Crippen molar-refractivity contribution in [2.45, 2.75) is 217 Å². The smallest absolute Gasteiger partial charge is 0.343 e. The molecule has 12 amide bonds. The van der Waals surface area contributed by atoms with Crippen LogP contribution in [0.5, 0.6) is 0 Å². The van der Waals surface area contributed by atoms with E-state index in [1.165, 1.54) is 79.9 Å². The average Bonchev–Trinajstić information content (AvgIpc) is 1.59. The molecule has 0 unspecified atom stereocenters. The summed E-state index contributed by atoms with van der Waals surface area (Å²) in [6, 6.07) is -4.41. The number of fused-ring (bicyclic) bond motifs is 1. The molecule has 7 atom stereocenters. The summed E-state index contributed by atoms with van der Waals surface area (Å²) in [5.74, 6) is -8.61. The highest BCUT2D eigenvalue weighted by Crippen LogP contribution is 2.39. The molecule has 3 heterocycles. The van der Waals surface area contributed by atoms with E-state index in [0.29, 0.717) is 75.6 Å². The van der Waals surface area contributed by atoms with Crippen LogP contribution in [0.15, 0.2) is 29.5 Å². The first-order valence-corrected chi connectivity index (χ1v) is 35.5. The maximum absolute atomic E-state index is 15.4. The number of allylic oxidation sites excluding steroid dienone is 1. The second-order valence-corrected chi connectivity index (χ2v) is 29.1. The Hall–Kier alpha value is -7.32. The Morgan fingerprint density at radius 2 is 1.28 bits per heavy atom. The van der Waals surface area contributed by atoms with Gasteiger partial charge in [-0.25, -0.2) is 0 Å². The van der Waals surface area contributed by atoms with Gasteiger partial charge in [-0.3, -0.25) is 57.5 Å². The maximum Gasteiger partial charge on any atom is 0.417 e. The number of nitrogens with zero attached hydrogens (tertiary/aromatic N) is 9. The third kappa shape index (κ3) is 19.4. The first-order valence-electron chi connectivity index (χ1n) is 35.1. The number of amides is 12. The summed E-state index contributed by atoms with van der Waals surface area (Å²) in [6.07, 6.45) is 4.34. The van der Waals surface area contributed by atoms with Crippen LogP contribution in [0.3, 0.4) is 0 Å². The van der Waals surface area contributed by atoms with Crippen molar-refractivity contribution >= 4 is 82.5 Å². The molecule has 98 heavy (non-hydrogen) atoms. The van der Waals surface area contributed by atoms with E-state index in [2.05, 4.69) is 16.0 Å². The number of likely N-dealkylation sites (N-methyl/N-ethyl adjacent to an activating group) is 7. The highest BCUT2D eigenvalue weighted by Gasteiger charge is 2.50. The highest BCUT2D eigenvalue weighted by atomic mass is 35.5. The van der Waals surface area contributed by atoms with E-state index in [1.54, 1.807) is 11.8 Å². The Bertz CT molecular complexity index is 3160. The number of carbonyl (C=O) groups excluding carboxylic acids is 12. The Morgan fingerprint density at radius 3 is 1.88 bits per heavy atom. The molecule has 0 bridgehead atoms. The van der Waals surface area contributed by atoms with Gasteiger partial charge in [-0.2, -0.15) is 13.2 Å². The van der Waals surface area contributed by atoms with Crippen molar-refractivity contribution in [1.82, 2.24) is 60.0 Å². The van der Waals surface area contributed by atoms with Crippen LogP contribution < -0.4 is 16.0 Å². The summed E-state index contributed by atoms with van der Waals surface area (Å²) in [5.41, 5.74) is -1.79. The fraction of sp³-hybridized carbons (Fsp3) is 0.714. The van der Waals surface area contributed by atoms with Crippen molar-refractivity contribution in [3.05, 3.63) is 45.6 Å². The van der Waals surface area contributed by atoms with Gasteiger partial charge < -0.3 is 60.0 Å². The van der Waals surface area contributed by atoms with Crippen molar-refractivity contribution in [2.75, 3.05) is 88.6 Å². The van der Waals surface area contributed by atoms with Crippen molar-refractivity contribution in [2.24, 2.45) is 17.8 Å². The van der Waals surface area contributed by atoms with E-state index < -0.39 is 161 Å². The number of nitrogens with one attached hydrogen (secondary N) is 3. The lowest BCUT2D eigenvalue weighted by molar-refractivity contribution is -0.150. The summed E-state index contributed by atoms with van der Waals surface area (Å²) in [5, 5.41) is 8.09. The lowest BCUT2D eigenvalue weighted by Crippen LogP contribution is -2.62. The molecule has 1 spiro atoms. The topological polar surface area (TPSA) is 270 Å². The average molecular weight is 1400 g/mol. The molecule has 3 N–H and O–H groups in total. The number of likely N-dealkylation sites (tertiary alicyclic amines) is 1. The van der Waals surface area contributed by atoms with E-state index in [1.807, 2.05) is 20.8 Å². The molecular formula is C70H104ClF3N12O12. The van der Waals surface area contributed by atoms with Crippen molar-refractivity contribution in [3.63, 3.8) is 0 Å². The second kappa shape index (κ2) is 34.2. The molecule has 3 aliphatic carbocycles. The predicted octanol–water partition coefficient (Wildman–Crippen LogP) is 5.52. The first kappa shape index (κ1) is 78.0. The molecule has 544 valence electrons. The van der Waals surface area contributed by atoms with Crippen molar-refractivity contribution in [1.29, 1.82) is 0 Å². The lowest BCUT2D eigenvalue weighted by atomic mass is 9.84. The minimum atomic E-state index is -4.76. The minimum Gasteiger partial charge on any atom is -0.343 e. The molecule has 0 aromatic heterocycles. The Morgan fingerprint density at radius 1 is 0.663 bits per heavy atom. The van der Waals surface area contributed by atoms with Gasteiger partial charge in [0, 0.05) is 69.0 Å². The third-order valence-corrected chi connectivity index (χ3v) is 21.2. The molecule has 0 radical (unpaired) electrons. The van der Waals surface area contributed by atoms with Gasteiger partial charge in [0.2, 0.25) is 59.1 Å². The fourth-order valence-corrected chi connectivity index (χ4v) is 14.8. The summed E-state index contributed by atoms with van der Waals surface area (Å²) in [4.78, 5) is 189. The number of rotatable bonds is 10. The number of hydrogen-bond acceptors (Lipinski definition) is 12. The van der Waals surface area contributed by atoms with Crippen molar-refractivity contribution < 1.29 is 70.7 Å². The number of carbonyl (C=O) groups is 12. The monoisotopic (exact) mass is 1400 g/mol. The minimum absolute atomic E-state index is 0.0190. The molecule has 1 aromatic carbocycles. The summed E-state index contributed by atoms with van der Waals surface area (Å²) < 4.78 is 41.5. The SMILES string of the molecule is CC[C@H](C)[C@@H]1NC(=O)[C@H](CC(C)C)N(C)C(=O)C[C@@H](C(=O)N2CCCCC2)N(C)C(=O)C(=C2CC2)N(C)C(=O)C2(CCCC2)NC(=O)[C@@H]2CCCN2C(=O)[C@H](CCc2ccc(C(F)(F)F)c(Cl)c2)NC(=O)CN(C)C(=O)[C@H](CC2CCCCC2)N(C)C(=O)CN(C)C(=O)CN(C)C1=O. The van der Waals surface area contributed by atoms with Crippen molar-refractivity contribution in [3.8, 4) is 0 Å². The van der Waals surface area contributed by atoms with Crippen LogP contribution in [-0.2, 0) is 70.1 Å². The summed E-state index contributed by atoms with van der Waals surface area (Å²) in [7, 11) is 9.83. The molecule has 24 nitrogen and oxygen atoms in total. The van der Waals surface area contributed by atoms with Gasteiger partial charge in [0.15, 0.2) is 0 Å². The van der Waals surface area contributed by atoms with E-state index >= 15 is 14.4 Å². The number of hydrogen-bond donors (Lipinski definition) is 3. The zero-order valence-electron chi connectivity index (χ0n) is 59.2. The third-order valence-electron chi connectivity index (χ3n) is 20.9. The number of aryl methyl sites for hydroxylation is 1. The molecule has 28 heteroatoms. The number of alkyl halides is 3. The van der Waals surface area contributed by atoms with Crippen LogP contribution >= 0.6 is 11.6 Å². The summed E-state index contributed by atoms with van der Waals surface area (Å²) in [6.45, 7) is 6.39. The van der Waals surface area contributed by atoms with Gasteiger partial charge in [0.05, 0.1) is 36.6 Å². The molecule has 6 fully saturated rings. The second-order valence-electron chi connectivity index (χ2n) is 28.7. The summed E-state index contributed by atoms with van der Waals surface area (Å²) >= 11 is 6.14. The standard InChI is InChI=1S/C70H104ClF3N12O12/c1-12-44(4)59-66(96)80(7)41-57(89)78(5)42-58(90)82(9)53(38-45-22-15-13-16-23-45)64(94)79(6)40-55(87)75-50(30-26-46-25-29-48(49(71)37-46)70(72,73)74)63(93)86-35-21-24-51(86)62(92)77-69(31-17-18-32-69)68(98)84(11)60(47-27-28-47)67(97)83(10)54(65(95)85-33-19-14-20-34-85)39-56(88)81(8)52(36-43(2)3)61(91)76-59/h25,29,37,43-45,50-54,59H,12-24,26-28,30-36,38-42H2,1-11H3,(H,75,87)(H,76,91)(H,77,92)/t44-,50-,51-,52-,53-,54-,59-/m0/s1. The molecule has 3 saturated heterocycles. The zero-order valence-corrected chi connectivity index (χ0v) is 59.9. The number of benzene rings is 1. The Balaban J connectivity index is 1.27. The Kier molecular flexibility index (Phi) is 27.2. The number of piperidine rings is 1. The normalized spacial score (nSPS) is 26.0. The quantitative estimate of drug-likeness (QED) is 0.245. The van der Waals surface area contributed by atoms with Crippen LogP contribution in [0.25, 0.3) is 0 Å². The van der Waals surface area contributed by atoms with E-state index in [-0.39, 0.29) is 69.0 Å². The molecule has 3 saturated carbocycles. The van der Waals surface area contributed by atoms with Crippen LogP contribution in [-0.4, -0.2) is 245 Å². The molecule has 6 aliphatic rings. The largest absolute Gasteiger partial charge is 0.417 e. The fourth-order valence-electron chi connectivity index (χ4n) is 14.5. The maximum atomic E-state index is 15.4. The number of halogens is 4. The molecular weight excluding hydrogens is 1290 g/mol. The van der Waals surface area contributed by atoms with Gasteiger partial charge in [-0.1, -0.05) is 96.7 Å². The van der Waals surface area contributed by atoms with E-state index in [0.717, 1.165) is 65.4 Å². The Labute approximate surface area is 579 Å². The highest BCUT2D eigenvalue weighted by molar-refractivity contribution is 6.31. The lowest BCUT2D eigenvalue weighted by Gasteiger charge is -2.38. The van der Waals surface area contributed by atoms with Gasteiger partial charge in [-0.15, -0.1) is 0 Å². The van der Waals surface area contributed by atoms with Gasteiger partial charge in [0.25, 0.3) is 11.8 Å². The molecule has 3 aliphatic heterocycles. The van der Waals surface area contributed by atoms with Crippen LogP contribution in [0.4, 0.5) is 13.2 Å². The van der Waals surface area contributed by atoms with Gasteiger partial charge >= 0.3 is 6.18 Å². The van der Waals surface area contributed by atoms with E-state index in [4.69, 9.17) is 11.6 Å². The van der Waals surface area contributed by atoms with Gasteiger partial charge in [0.1, 0.15) is 47.5 Å². The van der Waals surface area contributed by atoms with Crippen LogP contribution in [0, 0.1) is 17.8 Å². The zero-order chi connectivity index (χ0) is 72.2. The van der Waals surface area contributed by atoms with Gasteiger partial charge in [-0.05, 0) is 124 Å². The first-order chi connectivity index (χ1) is 46.2. The van der Waals surface area contributed by atoms with Crippen LogP contribution in [0.1, 0.15) is 174 Å². The molecule has 7 rings (SSSR count). The predicted molar refractivity (Wildman–Crippen MR) is 359 cm³/mol.